The fourth-order valence-corrected chi connectivity index (χ4v) is 1.99. The average molecular weight is 250 g/mol. The number of hydrogen-bond acceptors (Lipinski definition) is 2. The second-order valence-electron chi connectivity index (χ2n) is 5.45. The van der Waals surface area contributed by atoms with Crippen LogP contribution in [0.3, 0.4) is 0 Å². The van der Waals surface area contributed by atoms with Crippen LogP contribution in [0.5, 0.6) is 0 Å². The Kier molecular flexibility index (Phi) is 3.79. The van der Waals surface area contributed by atoms with Crippen molar-refractivity contribution in [3.8, 4) is 0 Å². The first-order chi connectivity index (χ1) is 8.19. The van der Waals surface area contributed by atoms with Crippen LogP contribution in [0.1, 0.15) is 27.2 Å². The topological polar surface area (TPSA) is 74.6 Å². The molecule has 0 saturated carbocycles. The first-order valence-electron chi connectivity index (χ1n) is 5.73. The molecular formula is C14H18O4. The molecule has 0 saturated heterocycles. The van der Waals surface area contributed by atoms with E-state index >= 15 is 0 Å². The van der Waals surface area contributed by atoms with Gasteiger partial charge in [-0.05, 0) is 11.8 Å². The van der Waals surface area contributed by atoms with Crippen LogP contribution in [0.25, 0.3) is 0 Å². The van der Waals surface area contributed by atoms with Gasteiger partial charge in [0, 0.05) is 5.41 Å². The summed E-state index contributed by atoms with van der Waals surface area (Å²) in [4.78, 5) is 22.0. The summed E-state index contributed by atoms with van der Waals surface area (Å²) in [6.07, 6.45) is 9.45. The summed E-state index contributed by atoms with van der Waals surface area (Å²) in [5.41, 5.74) is -1.44. The summed E-state index contributed by atoms with van der Waals surface area (Å²) in [5.74, 6) is -2.82. The number of carboxylic acid groups (broad SMARTS) is 2. The molecule has 0 aromatic heterocycles. The van der Waals surface area contributed by atoms with Crippen molar-refractivity contribution in [3.05, 3.63) is 36.0 Å². The summed E-state index contributed by atoms with van der Waals surface area (Å²) in [6, 6.07) is 0. The maximum Gasteiger partial charge on any atom is 0.342 e. The zero-order chi connectivity index (χ0) is 14.0. The quantitative estimate of drug-likeness (QED) is 0.458. The molecule has 0 aromatic carbocycles. The maximum absolute atomic E-state index is 11.0. The Hall–Kier alpha value is -1.84. The van der Waals surface area contributed by atoms with E-state index in [9.17, 15) is 9.59 Å². The molecule has 0 fully saturated rings. The Labute approximate surface area is 106 Å². The molecule has 0 heterocycles. The van der Waals surface area contributed by atoms with Crippen molar-refractivity contribution in [2.45, 2.75) is 27.2 Å². The second-order valence-corrected chi connectivity index (χ2v) is 5.45. The molecule has 0 aromatic rings. The van der Waals surface area contributed by atoms with Gasteiger partial charge in [0.25, 0.3) is 0 Å². The Balaban J connectivity index is 3.34. The summed E-state index contributed by atoms with van der Waals surface area (Å²) >= 11 is 0. The van der Waals surface area contributed by atoms with E-state index < -0.39 is 22.9 Å². The molecule has 0 radical (unpaired) electrons. The molecule has 4 heteroatoms. The Morgan fingerprint density at radius 1 is 1.17 bits per heavy atom. The Morgan fingerprint density at radius 2 is 1.72 bits per heavy atom. The summed E-state index contributed by atoms with van der Waals surface area (Å²) in [6.45, 7) is 5.90. The molecular weight excluding hydrogens is 232 g/mol. The van der Waals surface area contributed by atoms with Gasteiger partial charge in [-0.1, -0.05) is 51.2 Å². The van der Waals surface area contributed by atoms with Crippen LogP contribution in [0.15, 0.2) is 36.0 Å². The summed E-state index contributed by atoms with van der Waals surface area (Å²) in [7, 11) is 0. The van der Waals surface area contributed by atoms with Gasteiger partial charge in [0.05, 0.1) is 0 Å². The highest BCUT2D eigenvalue weighted by molar-refractivity contribution is 6.12. The molecule has 4 nitrogen and oxygen atoms in total. The van der Waals surface area contributed by atoms with Gasteiger partial charge in [0.15, 0.2) is 0 Å². The number of rotatable bonds is 3. The number of aliphatic carboxylic acids is 2. The SMILES string of the molecule is CC(C)(C)C1(C=C(C(=O)O)C(=O)O)C=CC=CC1. The van der Waals surface area contributed by atoms with Crippen LogP contribution in [0.2, 0.25) is 0 Å². The largest absolute Gasteiger partial charge is 0.477 e. The minimum atomic E-state index is -1.41. The zero-order valence-corrected chi connectivity index (χ0v) is 10.8. The van der Waals surface area contributed by atoms with Crippen molar-refractivity contribution in [1.29, 1.82) is 0 Å². The van der Waals surface area contributed by atoms with Gasteiger partial charge in [-0.3, -0.25) is 0 Å². The van der Waals surface area contributed by atoms with E-state index in [1.54, 1.807) is 0 Å². The van der Waals surface area contributed by atoms with Gasteiger partial charge in [-0.25, -0.2) is 9.59 Å². The predicted molar refractivity (Wildman–Crippen MR) is 68.1 cm³/mol. The molecule has 1 atom stereocenters. The number of hydrogen-bond donors (Lipinski definition) is 2. The highest BCUT2D eigenvalue weighted by Gasteiger charge is 2.39. The van der Waals surface area contributed by atoms with E-state index in [4.69, 9.17) is 10.2 Å². The van der Waals surface area contributed by atoms with Crippen molar-refractivity contribution in [2.24, 2.45) is 10.8 Å². The van der Waals surface area contributed by atoms with E-state index in [1.165, 1.54) is 6.08 Å². The van der Waals surface area contributed by atoms with E-state index in [0.29, 0.717) is 6.42 Å². The smallest absolute Gasteiger partial charge is 0.342 e. The monoisotopic (exact) mass is 250 g/mol. The van der Waals surface area contributed by atoms with Gasteiger partial charge in [-0.15, -0.1) is 0 Å². The maximum atomic E-state index is 11.0. The highest BCUT2D eigenvalue weighted by atomic mass is 16.4. The third kappa shape index (κ3) is 2.70. The second kappa shape index (κ2) is 4.80. The minimum Gasteiger partial charge on any atom is -0.477 e. The van der Waals surface area contributed by atoms with E-state index in [0.717, 1.165) is 0 Å². The lowest BCUT2D eigenvalue weighted by Crippen LogP contribution is -2.34. The van der Waals surface area contributed by atoms with Crippen molar-refractivity contribution in [3.63, 3.8) is 0 Å². The lowest BCUT2D eigenvalue weighted by molar-refractivity contribution is -0.140. The van der Waals surface area contributed by atoms with Crippen LogP contribution < -0.4 is 0 Å². The first kappa shape index (κ1) is 14.2. The summed E-state index contributed by atoms with van der Waals surface area (Å²) < 4.78 is 0. The molecule has 1 unspecified atom stereocenters. The lowest BCUT2D eigenvalue weighted by atomic mass is 9.62. The molecule has 18 heavy (non-hydrogen) atoms. The molecule has 1 aliphatic rings. The molecule has 1 rings (SSSR count). The number of carboxylic acids is 2. The standard InChI is InChI=1S/C14H18O4/c1-13(2,3)14(7-5-4-6-8-14)9-10(11(15)16)12(17)18/h4-7,9H,8H2,1-3H3,(H,15,16)(H,17,18). The first-order valence-corrected chi connectivity index (χ1v) is 5.73. The molecule has 2 N–H and O–H groups in total. The number of carbonyl (C=O) groups is 2. The molecule has 0 amide bonds. The molecule has 0 bridgehead atoms. The van der Waals surface area contributed by atoms with Crippen LogP contribution in [-0.4, -0.2) is 22.2 Å². The van der Waals surface area contributed by atoms with Gasteiger partial charge >= 0.3 is 11.9 Å². The third-order valence-corrected chi connectivity index (χ3v) is 3.36. The van der Waals surface area contributed by atoms with Crippen molar-refractivity contribution < 1.29 is 19.8 Å². The predicted octanol–water partition coefficient (Wildman–Crippen LogP) is 2.63. The van der Waals surface area contributed by atoms with Crippen molar-refractivity contribution in [2.75, 3.05) is 0 Å². The van der Waals surface area contributed by atoms with Crippen LogP contribution in [0, 0.1) is 10.8 Å². The van der Waals surface area contributed by atoms with Crippen LogP contribution >= 0.6 is 0 Å². The van der Waals surface area contributed by atoms with E-state index in [1.807, 2.05) is 45.1 Å². The average Bonchev–Trinajstić information content (AvgIpc) is 2.25. The van der Waals surface area contributed by atoms with Crippen molar-refractivity contribution in [1.82, 2.24) is 0 Å². The fraction of sp³-hybridized carbons (Fsp3) is 0.429. The van der Waals surface area contributed by atoms with Crippen LogP contribution in [0.4, 0.5) is 0 Å². The van der Waals surface area contributed by atoms with Gasteiger partial charge in [0.2, 0.25) is 0 Å². The molecule has 98 valence electrons. The minimum absolute atomic E-state index is 0.273. The van der Waals surface area contributed by atoms with Gasteiger partial charge in [0.1, 0.15) is 5.57 Å². The van der Waals surface area contributed by atoms with Gasteiger partial charge < -0.3 is 10.2 Å². The normalized spacial score (nSPS) is 22.6. The highest BCUT2D eigenvalue weighted by Crippen LogP contribution is 2.46. The van der Waals surface area contributed by atoms with Crippen LogP contribution in [-0.2, 0) is 9.59 Å². The third-order valence-electron chi connectivity index (χ3n) is 3.36. The van der Waals surface area contributed by atoms with E-state index in [2.05, 4.69) is 0 Å². The number of allylic oxidation sites excluding steroid dienone is 5. The Morgan fingerprint density at radius 3 is 2.06 bits per heavy atom. The lowest BCUT2D eigenvalue weighted by Gasteiger charge is -2.41. The van der Waals surface area contributed by atoms with E-state index in [-0.39, 0.29) is 5.41 Å². The fourth-order valence-electron chi connectivity index (χ4n) is 1.99. The molecule has 0 aliphatic heterocycles. The zero-order valence-electron chi connectivity index (χ0n) is 10.8. The Bertz CT molecular complexity index is 433. The molecule has 1 aliphatic carbocycles. The van der Waals surface area contributed by atoms with Crippen molar-refractivity contribution >= 4 is 11.9 Å². The van der Waals surface area contributed by atoms with Gasteiger partial charge in [-0.2, -0.15) is 0 Å². The summed E-state index contributed by atoms with van der Waals surface area (Å²) in [5, 5.41) is 17.9. The molecule has 0 spiro atoms.